The summed E-state index contributed by atoms with van der Waals surface area (Å²) in [5, 5.41) is 9.38. The molecule has 1 heterocycles. The normalized spacial score (nSPS) is 17.6. The molecule has 1 aliphatic rings. The first-order valence-corrected chi connectivity index (χ1v) is 9.45. The fourth-order valence-electron chi connectivity index (χ4n) is 2.57. The molecule has 0 spiro atoms. The topological polar surface area (TPSA) is 73.6 Å². The molecule has 26 heavy (non-hydrogen) atoms. The minimum Gasteiger partial charge on any atom is -0.449 e. The van der Waals surface area contributed by atoms with Crippen molar-refractivity contribution >= 4 is 27.9 Å². The van der Waals surface area contributed by atoms with Gasteiger partial charge in [-0.3, -0.25) is 9.69 Å². The van der Waals surface area contributed by atoms with Gasteiger partial charge in [0.25, 0.3) is 5.91 Å². The third-order valence-corrected chi connectivity index (χ3v) is 4.37. The largest absolute Gasteiger partial charge is 0.449 e. The Balaban J connectivity index is 3.17. The number of carbonyl (C=O) groups is 2. The molecule has 0 radical (unpaired) electrons. The van der Waals surface area contributed by atoms with Crippen LogP contribution < -0.4 is 0 Å². The summed E-state index contributed by atoms with van der Waals surface area (Å²) in [6.07, 6.45) is 2.31. The monoisotopic (exact) mass is 425 g/mol. The third-order valence-electron chi connectivity index (χ3n) is 3.68. The molecule has 7 heteroatoms. The maximum absolute atomic E-state index is 13.0. The van der Waals surface area contributed by atoms with Gasteiger partial charge in [0.1, 0.15) is 6.04 Å². The van der Waals surface area contributed by atoms with Crippen LogP contribution in [0.15, 0.2) is 22.3 Å². The molecule has 0 aliphatic carbocycles. The lowest BCUT2D eigenvalue weighted by Gasteiger charge is -2.34. The molecule has 0 aromatic carbocycles. The second-order valence-electron chi connectivity index (χ2n) is 8.05. The highest BCUT2D eigenvalue weighted by Gasteiger charge is 2.33. The fourth-order valence-corrected chi connectivity index (χ4v) is 3.09. The Morgan fingerprint density at radius 1 is 1.31 bits per heavy atom. The summed E-state index contributed by atoms with van der Waals surface area (Å²) in [5.74, 6) is -0.205. The van der Waals surface area contributed by atoms with Crippen molar-refractivity contribution in [3.8, 4) is 6.07 Å². The Bertz CT molecular complexity index is 646. The third kappa shape index (κ3) is 5.60. The van der Waals surface area contributed by atoms with Crippen molar-refractivity contribution in [3.63, 3.8) is 0 Å². The molecule has 0 saturated heterocycles. The Kier molecular flexibility index (Phi) is 7.45. The van der Waals surface area contributed by atoms with Crippen LogP contribution in [0.2, 0.25) is 0 Å². The smallest absolute Gasteiger partial charge is 0.415 e. The van der Waals surface area contributed by atoms with E-state index in [0.29, 0.717) is 10.1 Å². The minimum absolute atomic E-state index is 0.00122. The molecular weight excluding hydrogens is 398 g/mol. The number of amides is 2. The van der Waals surface area contributed by atoms with Crippen molar-refractivity contribution in [1.29, 1.82) is 5.26 Å². The van der Waals surface area contributed by atoms with Crippen molar-refractivity contribution in [2.24, 2.45) is 5.41 Å². The van der Waals surface area contributed by atoms with Crippen molar-refractivity contribution in [3.05, 3.63) is 22.3 Å². The zero-order chi connectivity index (χ0) is 20.2. The summed E-state index contributed by atoms with van der Waals surface area (Å²) < 4.78 is 5.82. The predicted octanol–water partition coefficient (Wildman–Crippen LogP) is 4.18. The number of carbonyl (C=O) groups excluding carboxylic acids is 2. The van der Waals surface area contributed by atoms with E-state index in [1.165, 1.54) is 11.1 Å². The number of nitrogens with zero attached hydrogens (tertiary/aromatic N) is 3. The Hall–Kier alpha value is -1.81. The van der Waals surface area contributed by atoms with Gasteiger partial charge in [0.15, 0.2) is 0 Å². The summed E-state index contributed by atoms with van der Waals surface area (Å²) in [6, 6.07) is 1.21. The zero-order valence-corrected chi connectivity index (χ0v) is 18.1. The van der Waals surface area contributed by atoms with Crippen LogP contribution in [0, 0.1) is 16.7 Å². The second-order valence-corrected chi connectivity index (χ2v) is 8.91. The quantitative estimate of drug-likeness (QED) is 0.676. The van der Waals surface area contributed by atoms with Gasteiger partial charge in [0, 0.05) is 22.8 Å². The van der Waals surface area contributed by atoms with E-state index in [4.69, 9.17) is 4.74 Å². The Labute approximate surface area is 164 Å². The first kappa shape index (κ1) is 22.2. The standard InChI is InChI=1S/C19H28BrN3O3/c1-12(2)23(13(3)4)17(24)15-10-22(14(9-21)8-16(15)20)18(25)26-11-19(5,6)7/h8,10,12-14H,11H2,1-7H3/t14-/m0/s1. The van der Waals surface area contributed by atoms with Crippen molar-refractivity contribution in [1.82, 2.24) is 9.80 Å². The van der Waals surface area contributed by atoms with Gasteiger partial charge >= 0.3 is 6.09 Å². The zero-order valence-electron chi connectivity index (χ0n) is 16.5. The molecule has 0 saturated carbocycles. The van der Waals surface area contributed by atoms with Crippen LogP contribution in [0.5, 0.6) is 0 Å². The lowest BCUT2D eigenvalue weighted by molar-refractivity contribution is -0.130. The molecule has 0 unspecified atom stereocenters. The van der Waals surface area contributed by atoms with Gasteiger partial charge in [-0.05, 0) is 39.2 Å². The van der Waals surface area contributed by atoms with Crippen LogP contribution in [-0.2, 0) is 9.53 Å². The summed E-state index contributed by atoms with van der Waals surface area (Å²) in [5.41, 5.74) is 0.130. The first-order valence-electron chi connectivity index (χ1n) is 8.66. The van der Waals surface area contributed by atoms with E-state index in [2.05, 4.69) is 15.9 Å². The molecule has 1 rings (SSSR count). The maximum Gasteiger partial charge on any atom is 0.415 e. The van der Waals surface area contributed by atoms with E-state index in [-0.39, 0.29) is 30.0 Å². The molecule has 1 atom stereocenters. The van der Waals surface area contributed by atoms with Crippen LogP contribution in [0.3, 0.4) is 0 Å². The van der Waals surface area contributed by atoms with Crippen molar-refractivity contribution in [2.45, 2.75) is 66.6 Å². The van der Waals surface area contributed by atoms with E-state index >= 15 is 0 Å². The fraction of sp³-hybridized carbons (Fsp3) is 0.632. The van der Waals surface area contributed by atoms with Crippen LogP contribution in [0.1, 0.15) is 48.5 Å². The highest BCUT2D eigenvalue weighted by Crippen LogP contribution is 2.29. The highest BCUT2D eigenvalue weighted by molar-refractivity contribution is 9.12. The molecule has 0 fully saturated rings. The molecule has 0 aromatic heterocycles. The maximum atomic E-state index is 13.0. The molecule has 144 valence electrons. The van der Waals surface area contributed by atoms with Crippen molar-refractivity contribution < 1.29 is 14.3 Å². The average Bonchev–Trinajstić information content (AvgIpc) is 2.50. The van der Waals surface area contributed by atoms with Crippen LogP contribution in [-0.4, -0.2) is 46.5 Å². The van der Waals surface area contributed by atoms with E-state index in [1.807, 2.05) is 54.5 Å². The van der Waals surface area contributed by atoms with Gasteiger partial charge in [-0.25, -0.2) is 4.79 Å². The van der Waals surface area contributed by atoms with E-state index in [1.54, 1.807) is 11.0 Å². The number of nitriles is 1. The highest BCUT2D eigenvalue weighted by atomic mass is 79.9. The summed E-state index contributed by atoms with van der Waals surface area (Å²) in [6.45, 7) is 13.8. The Morgan fingerprint density at radius 3 is 2.27 bits per heavy atom. The average molecular weight is 426 g/mol. The molecule has 0 bridgehead atoms. The summed E-state index contributed by atoms with van der Waals surface area (Å²) in [4.78, 5) is 28.4. The first-order chi connectivity index (χ1) is 11.9. The van der Waals surface area contributed by atoms with Gasteiger partial charge in [0.05, 0.1) is 18.2 Å². The summed E-state index contributed by atoms with van der Waals surface area (Å²) in [7, 11) is 0. The van der Waals surface area contributed by atoms with E-state index in [9.17, 15) is 14.9 Å². The van der Waals surface area contributed by atoms with Crippen LogP contribution >= 0.6 is 15.9 Å². The number of halogens is 1. The molecule has 0 N–H and O–H groups in total. The number of rotatable bonds is 4. The number of hydrogen-bond donors (Lipinski definition) is 0. The SMILES string of the molecule is CC(C)N(C(=O)C1=CN(C(=O)OCC(C)(C)C)[C@H](C#N)C=C1Br)C(C)C. The van der Waals surface area contributed by atoms with Gasteiger partial charge in [-0.15, -0.1) is 0 Å². The van der Waals surface area contributed by atoms with Gasteiger partial charge in [-0.1, -0.05) is 36.7 Å². The number of hydrogen-bond acceptors (Lipinski definition) is 4. The summed E-state index contributed by atoms with van der Waals surface area (Å²) >= 11 is 3.37. The predicted molar refractivity (Wildman–Crippen MR) is 104 cm³/mol. The molecule has 2 amide bonds. The van der Waals surface area contributed by atoms with Gasteiger partial charge < -0.3 is 9.64 Å². The molecule has 6 nitrogen and oxygen atoms in total. The van der Waals surface area contributed by atoms with E-state index in [0.717, 1.165) is 0 Å². The Morgan fingerprint density at radius 2 is 1.85 bits per heavy atom. The lowest BCUT2D eigenvalue weighted by atomic mass is 9.99. The molecule has 0 aromatic rings. The lowest BCUT2D eigenvalue weighted by Crippen LogP contribution is -2.45. The van der Waals surface area contributed by atoms with Crippen LogP contribution in [0.25, 0.3) is 0 Å². The number of ether oxygens (including phenoxy) is 1. The minimum atomic E-state index is -0.833. The molecular formula is C19H28BrN3O3. The van der Waals surface area contributed by atoms with Gasteiger partial charge in [-0.2, -0.15) is 5.26 Å². The van der Waals surface area contributed by atoms with Crippen molar-refractivity contribution in [2.75, 3.05) is 6.61 Å². The molecule has 1 aliphatic heterocycles. The van der Waals surface area contributed by atoms with Crippen LogP contribution in [0.4, 0.5) is 4.79 Å². The van der Waals surface area contributed by atoms with E-state index < -0.39 is 12.1 Å². The van der Waals surface area contributed by atoms with Gasteiger partial charge in [0.2, 0.25) is 0 Å². The second kappa shape index (κ2) is 8.72.